The number of aromatic nitrogens is 2. The molecule has 3 rings (SSSR count). The number of rotatable bonds is 3. The van der Waals surface area contributed by atoms with Crippen LogP contribution in [0.5, 0.6) is 0 Å². The van der Waals surface area contributed by atoms with Crippen LogP contribution < -0.4 is 5.32 Å². The van der Waals surface area contributed by atoms with Gasteiger partial charge >= 0.3 is 0 Å². The zero-order chi connectivity index (χ0) is 15.7. The third-order valence-corrected chi connectivity index (χ3v) is 4.66. The number of hydrogen-bond acceptors (Lipinski definition) is 3. The van der Waals surface area contributed by atoms with E-state index in [-0.39, 0.29) is 19.4 Å². The van der Waals surface area contributed by atoms with Gasteiger partial charge in [-0.25, -0.2) is 0 Å². The Kier molecular flexibility index (Phi) is 5.59. The SMILES string of the molecule is C.CC(=O)Nc1cc(C)c(Br)cc1-c1ccnn1[C@@H]1CCOC1. The standard InChI is InChI=1S/C16H18BrN3O2.CH4/c1-10-7-15(19-11(2)21)13(8-14(10)17)16-3-5-18-20(16)12-4-6-22-9-12;/h3,5,7-8,12H,4,6,9H2,1-2H3,(H,19,21);1H4/t12-;/m1./s1. The summed E-state index contributed by atoms with van der Waals surface area (Å²) in [4.78, 5) is 11.5. The highest BCUT2D eigenvalue weighted by Gasteiger charge is 2.22. The van der Waals surface area contributed by atoms with E-state index in [9.17, 15) is 4.79 Å². The van der Waals surface area contributed by atoms with Crippen molar-refractivity contribution in [2.75, 3.05) is 18.5 Å². The predicted octanol–water partition coefficient (Wildman–Crippen LogP) is 4.18. The molecule has 0 bridgehead atoms. The Morgan fingerprint density at radius 3 is 2.91 bits per heavy atom. The summed E-state index contributed by atoms with van der Waals surface area (Å²) >= 11 is 3.57. The molecule has 0 radical (unpaired) electrons. The maximum atomic E-state index is 11.5. The molecule has 5 nitrogen and oxygen atoms in total. The molecule has 2 heterocycles. The van der Waals surface area contributed by atoms with Gasteiger partial charge in [-0.3, -0.25) is 9.48 Å². The number of aryl methyl sites for hydroxylation is 1. The van der Waals surface area contributed by atoms with Gasteiger partial charge in [-0.15, -0.1) is 0 Å². The molecule has 1 aromatic heterocycles. The second-order valence-corrected chi connectivity index (χ2v) is 6.36. The average molecular weight is 380 g/mol. The van der Waals surface area contributed by atoms with Crippen LogP contribution in [0, 0.1) is 6.92 Å². The lowest BCUT2D eigenvalue weighted by Crippen LogP contribution is -2.13. The van der Waals surface area contributed by atoms with E-state index in [1.165, 1.54) is 6.92 Å². The van der Waals surface area contributed by atoms with Crippen molar-refractivity contribution < 1.29 is 9.53 Å². The van der Waals surface area contributed by atoms with Gasteiger partial charge in [0, 0.05) is 29.8 Å². The molecule has 1 aliphatic heterocycles. The highest BCUT2D eigenvalue weighted by molar-refractivity contribution is 9.10. The summed E-state index contributed by atoms with van der Waals surface area (Å²) in [5, 5.41) is 7.37. The van der Waals surface area contributed by atoms with E-state index in [0.29, 0.717) is 6.61 Å². The van der Waals surface area contributed by atoms with Crippen molar-refractivity contribution >= 4 is 27.5 Å². The summed E-state index contributed by atoms with van der Waals surface area (Å²) in [5.74, 6) is -0.0850. The minimum atomic E-state index is -0.0850. The molecule has 1 saturated heterocycles. The molecule has 1 aliphatic rings. The minimum Gasteiger partial charge on any atom is -0.379 e. The lowest BCUT2D eigenvalue weighted by molar-refractivity contribution is -0.114. The number of anilines is 1. The average Bonchev–Trinajstić information content (AvgIpc) is 3.11. The molecule has 1 aromatic carbocycles. The lowest BCUT2D eigenvalue weighted by Gasteiger charge is -2.17. The number of halogens is 1. The van der Waals surface area contributed by atoms with Crippen LogP contribution in [0.25, 0.3) is 11.3 Å². The van der Waals surface area contributed by atoms with Gasteiger partial charge in [0.2, 0.25) is 5.91 Å². The minimum absolute atomic E-state index is 0. The Morgan fingerprint density at radius 1 is 1.48 bits per heavy atom. The third-order valence-electron chi connectivity index (χ3n) is 3.81. The monoisotopic (exact) mass is 379 g/mol. The molecular weight excluding hydrogens is 358 g/mol. The molecule has 1 N–H and O–H groups in total. The normalized spacial score (nSPS) is 16.9. The highest BCUT2D eigenvalue weighted by atomic mass is 79.9. The Labute approximate surface area is 145 Å². The van der Waals surface area contributed by atoms with E-state index in [1.54, 1.807) is 6.20 Å². The Hall–Kier alpha value is -1.66. The van der Waals surface area contributed by atoms with Crippen molar-refractivity contribution in [1.82, 2.24) is 9.78 Å². The van der Waals surface area contributed by atoms with Gasteiger partial charge in [0.1, 0.15) is 0 Å². The number of nitrogens with zero attached hydrogens (tertiary/aromatic N) is 2. The van der Waals surface area contributed by atoms with Gasteiger partial charge in [0.25, 0.3) is 0 Å². The summed E-state index contributed by atoms with van der Waals surface area (Å²) < 4.78 is 8.47. The summed E-state index contributed by atoms with van der Waals surface area (Å²) in [5.41, 5.74) is 3.81. The second kappa shape index (κ2) is 7.27. The highest BCUT2D eigenvalue weighted by Crippen LogP contribution is 2.35. The number of ether oxygens (including phenoxy) is 1. The fourth-order valence-electron chi connectivity index (χ4n) is 2.72. The van der Waals surface area contributed by atoms with E-state index in [0.717, 1.165) is 40.0 Å². The largest absolute Gasteiger partial charge is 0.379 e. The second-order valence-electron chi connectivity index (χ2n) is 5.51. The number of amides is 1. The molecule has 0 aliphatic carbocycles. The molecule has 0 saturated carbocycles. The van der Waals surface area contributed by atoms with Crippen molar-refractivity contribution in [3.8, 4) is 11.3 Å². The predicted molar refractivity (Wildman–Crippen MR) is 95.6 cm³/mol. The number of hydrogen-bond donors (Lipinski definition) is 1. The number of carbonyl (C=O) groups excluding carboxylic acids is 1. The first-order valence-electron chi connectivity index (χ1n) is 7.25. The Balaban J connectivity index is 0.00000192. The van der Waals surface area contributed by atoms with Crippen LogP contribution in [0.3, 0.4) is 0 Å². The first-order valence-corrected chi connectivity index (χ1v) is 8.05. The molecule has 1 amide bonds. The Bertz CT molecular complexity index is 706. The third kappa shape index (κ3) is 3.64. The molecule has 1 atom stereocenters. The molecule has 23 heavy (non-hydrogen) atoms. The van der Waals surface area contributed by atoms with Gasteiger partial charge in [-0.2, -0.15) is 5.10 Å². The first-order chi connectivity index (χ1) is 10.6. The van der Waals surface area contributed by atoms with Crippen LogP contribution in [0.1, 0.15) is 32.4 Å². The van der Waals surface area contributed by atoms with Gasteiger partial charge in [-0.1, -0.05) is 23.4 Å². The van der Waals surface area contributed by atoms with Crippen molar-refractivity contribution in [2.45, 2.75) is 33.7 Å². The van der Waals surface area contributed by atoms with E-state index in [1.807, 2.05) is 29.8 Å². The van der Waals surface area contributed by atoms with Gasteiger partial charge in [-0.05, 0) is 37.1 Å². The van der Waals surface area contributed by atoms with Gasteiger partial charge in [0.15, 0.2) is 0 Å². The molecule has 6 heteroatoms. The molecular formula is C17H22BrN3O2. The van der Waals surface area contributed by atoms with Gasteiger partial charge in [0.05, 0.1) is 24.0 Å². The smallest absolute Gasteiger partial charge is 0.221 e. The summed E-state index contributed by atoms with van der Waals surface area (Å²) in [6.07, 6.45) is 2.75. The fraction of sp³-hybridized carbons (Fsp3) is 0.412. The van der Waals surface area contributed by atoms with E-state index < -0.39 is 0 Å². The molecule has 2 aromatic rings. The zero-order valence-corrected chi connectivity index (χ0v) is 14.2. The molecule has 124 valence electrons. The van der Waals surface area contributed by atoms with Crippen molar-refractivity contribution in [3.63, 3.8) is 0 Å². The van der Waals surface area contributed by atoms with Crippen LogP contribution in [0.2, 0.25) is 0 Å². The number of carbonyl (C=O) groups is 1. The Morgan fingerprint density at radius 2 is 2.26 bits per heavy atom. The quantitative estimate of drug-likeness (QED) is 0.869. The number of nitrogens with one attached hydrogen (secondary N) is 1. The zero-order valence-electron chi connectivity index (χ0n) is 12.6. The molecule has 0 unspecified atom stereocenters. The van der Waals surface area contributed by atoms with Crippen molar-refractivity contribution in [2.24, 2.45) is 0 Å². The maximum absolute atomic E-state index is 11.5. The topological polar surface area (TPSA) is 56.2 Å². The van der Waals surface area contributed by atoms with E-state index in [2.05, 4.69) is 26.3 Å². The number of benzene rings is 1. The van der Waals surface area contributed by atoms with Crippen molar-refractivity contribution in [1.29, 1.82) is 0 Å². The van der Waals surface area contributed by atoms with E-state index >= 15 is 0 Å². The van der Waals surface area contributed by atoms with Crippen LogP contribution in [0.4, 0.5) is 5.69 Å². The van der Waals surface area contributed by atoms with Gasteiger partial charge < -0.3 is 10.1 Å². The lowest BCUT2D eigenvalue weighted by atomic mass is 10.1. The molecule has 1 fully saturated rings. The van der Waals surface area contributed by atoms with Crippen molar-refractivity contribution in [3.05, 3.63) is 34.4 Å². The van der Waals surface area contributed by atoms with Crippen LogP contribution in [0.15, 0.2) is 28.9 Å². The van der Waals surface area contributed by atoms with Crippen LogP contribution in [-0.2, 0) is 9.53 Å². The van der Waals surface area contributed by atoms with Crippen LogP contribution >= 0.6 is 15.9 Å². The maximum Gasteiger partial charge on any atom is 0.221 e. The molecule has 0 spiro atoms. The summed E-state index contributed by atoms with van der Waals surface area (Å²) in [6.45, 7) is 4.96. The first kappa shape index (κ1) is 17.7. The summed E-state index contributed by atoms with van der Waals surface area (Å²) in [7, 11) is 0. The summed E-state index contributed by atoms with van der Waals surface area (Å²) in [6, 6.07) is 6.23. The van der Waals surface area contributed by atoms with E-state index in [4.69, 9.17) is 4.74 Å². The fourth-order valence-corrected chi connectivity index (χ4v) is 3.06. The van der Waals surface area contributed by atoms with Crippen LogP contribution in [-0.4, -0.2) is 28.9 Å².